The minimum absolute atomic E-state index is 0.452. The summed E-state index contributed by atoms with van der Waals surface area (Å²) in [6.07, 6.45) is -0.722. The number of benzene rings is 2. The van der Waals surface area contributed by atoms with Crippen LogP contribution in [0.25, 0.3) is 0 Å². The minimum atomic E-state index is -0.769. The average Bonchev–Trinajstić information content (AvgIpc) is 2.74. The Kier molecular flexibility index (Phi) is 4.11. The molecule has 1 aliphatic heterocycles. The summed E-state index contributed by atoms with van der Waals surface area (Å²) in [6, 6.07) is 18.8. The van der Waals surface area contributed by atoms with E-state index >= 15 is 0 Å². The molecular weight excluding hydrogens is 304 g/mol. The van der Waals surface area contributed by atoms with E-state index in [-0.39, 0.29) is 0 Å². The average molecular weight is 324 g/mol. The number of hydrogen-bond acceptors (Lipinski definition) is 4. The highest BCUT2D eigenvalue weighted by atomic mass is 16.7. The zero-order chi connectivity index (χ0) is 17.3. The maximum Gasteiger partial charge on any atom is 0.322 e. The van der Waals surface area contributed by atoms with Gasteiger partial charge < -0.3 is 10.0 Å². The van der Waals surface area contributed by atoms with Gasteiger partial charge in [-0.05, 0) is 26.0 Å². The molecule has 2 aromatic rings. The molecule has 1 unspecified atom stereocenters. The topological polar surface area (TPSA) is 55.6 Å². The van der Waals surface area contributed by atoms with Crippen LogP contribution in [0.3, 0.4) is 0 Å². The van der Waals surface area contributed by atoms with Crippen LogP contribution in [0.2, 0.25) is 0 Å². The molecule has 24 heavy (non-hydrogen) atoms. The highest BCUT2D eigenvalue weighted by molar-refractivity contribution is 6.04. The van der Waals surface area contributed by atoms with E-state index in [0.717, 1.165) is 15.9 Å². The fraction of sp³-hybridized carbons (Fsp3) is 0.263. The predicted octanol–water partition coefficient (Wildman–Crippen LogP) is 3.26. The molecule has 0 aliphatic carbocycles. The predicted molar refractivity (Wildman–Crippen MR) is 91.0 cm³/mol. The molecule has 1 atom stereocenters. The third-order valence-corrected chi connectivity index (χ3v) is 4.17. The first-order valence-electron chi connectivity index (χ1n) is 7.85. The van der Waals surface area contributed by atoms with Crippen molar-refractivity contribution in [3.63, 3.8) is 0 Å². The molecular formula is C19H20N2O3. The number of hydroxylamine groups is 3. The second-order valence-corrected chi connectivity index (χ2v) is 6.29. The van der Waals surface area contributed by atoms with Crippen molar-refractivity contribution in [1.29, 1.82) is 0 Å². The Morgan fingerprint density at radius 1 is 1.08 bits per heavy atom. The van der Waals surface area contributed by atoms with E-state index in [1.807, 2.05) is 74.5 Å². The summed E-state index contributed by atoms with van der Waals surface area (Å²) in [5, 5.41) is 14.6. The van der Waals surface area contributed by atoms with E-state index in [1.165, 1.54) is 12.0 Å². The summed E-state index contributed by atoms with van der Waals surface area (Å²) in [7, 11) is 0. The molecule has 0 fully saturated rings. The summed E-state index contributed by atoms with van der Waals surface area (Å²) >= 11 is 0. The molecule has 1 aliphatic rings. The standard InChI is InChI=1S/C19H20N2O3/c1-14(22)24-21-18(16-12-8-5-9-13-16)20(23)17(19(21,2)3)15-10-6-4-7-11-15/h4-13,18H,1-3H3. The molecule has 0 saturated carbocycles. The summed E-state index contributed by atoms with van der Waals surface area (Å²) < 4.78 is 0.938. The van der Waals surface area contributed by atoms with Gasteiger partial charge in [0.25, 0.3) is 6.17 Å². The fourth-order valence-corrected chi connectivity index (χ4v) is 3.17. The van der Waals surface area contributed by atoms with Crippen LogP contribution < -0.4 is 0 Å². The molecule has 5 nitrogen and oxygen atoms in total. The van der Waals surface area contributed by atoms with Crippen molar-refractivity contribution in [2.45, 2.75) is 32.5 Å². The van der Waals surface area contributed by atoms with Gasteiger partial charge in [0.05, 0.1) is 0 Å². The van der Waals surface area contributed by atoms with Crippen molar-refractivity contribution in [1.82, 2.24) is 5.06 Å². The zero-order valence-electron chi connectivity index (χ0n) is 14.0. The smallest absolute Gasteiger partial charge is 0.322 e. The molecule has 2 aromatic carbocycles. The van der Waals surface area contributed by atoms with Crippen LogP contribution >= 0.6 is 0 Å². The third-order valence-electron chi connectivity index (χ3n) is 4.17. The van der Waals surface area contributed by atoms with Crippen LogP contribution in [0, 0.1) is 5.21 Å². The monoisotopic (exact) mass is 324 g/mol. The van der Waals surface area contributed by atoms with Gasteiger partial charge in [-0.15, -0.1) is 0 Å². The fourth-order valence-electron chi connectivity index (χ4n) is 3.17. The first-order chi connectivity index (χ1) is 11.4. The molecule has 5 heteroatoms. The molecule has 124 valence electrons. The lowest BCUT2D eigenvalue weighted by atomic mass is 9.93. The lowest BCUT2D eigenvalue weighted by Crippen LogP contribution is -2.47. The van der Waals surface area contributed by atoms with E-state index in [1.54, 1.807) is 0 Å². The normalized spacial score (nSPS) is 20.2. The maximum absolute atomic E-state index is 13.2. The van der Waals surface area contributed by atoms with E-state index in [2.05, 4.69) is 0 Å². The van der Waals surface area contributed by atoms with Crippen LogP contribution in [0.15, 0.2) is 60.7 Å². The van der Waals surface area contributed by atoms with Crippen molar-refractivity contribution < 1.29 is 14.4 Å². The Morgan fingerprint density at radius 2 is 1.62 bits per heavy atom. The van der Waals surface area contributed by atoms with Gasteiger partial charge in [0.2, 0.25) is 5.71 Å². The highest BCUT2D eigenvalue weighted by Gasteiger charge is 2.55. The lowest BCUT2D eigenvalue weighted by molar-refractivity contribution is -0.543. The first kappa shape index (κ1) is 16.2. The number of carbonyl (C=O) groups excluding carboxylic acids is 1. The Bertz CT molecular complexity index is 770. The Hall–Kier alpha value is -2.66. The number of nitrogens with zero attached hydrogens (tertiary/aromatic N) is 2. The second kappa shape index (κ2) is 6.09. The van der Waals surface area contributed by atoms with E-state index < -0.39 is 17.7 Å². The van der Waals surface area contributed by atoms with Crippen LogP contribution in [-0.2, 0) is 9.63 Å². The molecule has 1 heterocycles. The van der Waals surface area contributed by atoms with Gasteiger partial charge in [-0.1, -0.05) is 53.6 Å². The minimum Gasteiger partial charge on any atom is -0.622 e. The summed E-state index contributed by atoms with van der Waals surface area (Å²) in [5.74, 6) is -0.452. The van der Waals surface area contributed by atoms with Gasteiger partial charge in [-0.25, -0.2) is 0 Å². The molecule has 3 rings (SSSR count). The Morgan fingerprint density at radius 3 is 2.17 bits per heavy atom. The molecule has 0 spiro atoms. The molecule has 0 N–H and O–H groups in total. The van der Waals surface area contributed by atoms with Gasteiger partial charge in [0.15, 0.2) is 0 Å². The van der Waals surface area contributed by atoms with Crippen LogP contribution in [0.1, 0.15) is 38.1 Å². The number of hydrogen-bond donors (Lipinski definition) is 0. The summed E-state index contributed by atoms with van der Waals surface area (Å²) in [5.41, 5.74) is 1.38. The highest BCUT2D eigenvalue weighted by Crippen LogP contribution is 2.38. The van der Waals surface area contributed by atoms with Crippen molar-refractivity contribution in [3.05, 3.63) is 77.0 Å². The number of carbonyl (C=O) groups is 1. The SMILES string of the molecule is CC(=O)ON1C(c2ccccc2)[N+]([O-])=C(c2ccccc2)C1(C)C. The molecule has 0 radical (unpaired) electrons. The van der Waals surface area contributed by atoms with Gasteiger partial charge in [0.1, 0.15) is 5.54 Å². The summed E-state index contributed by atoms with van der Waals surface area (Å²) in [6.45, 7) is 5.10. The third kappa shape index (κ3) is 2.67. The maximum atomic E-state index is 13.2. The van der Waals surface area contributed by atoms with Crippen molar-refractivity contribution in [2.24, 2.45) is 0 Å². The largest absolute Gasteiger partial charge is 0.622 e. The van der Waals surface area contributed by atoms with Crippen molar-refractivity contribution in [2.75, 3.05) is 0 Å². The van der Waals surface area contributed by atoms with Crippen molar-refractivity contribution >= 4 is 11.7 Å². The van der Waals surface area contributed by atoms with Gasteiger partial charge in [-0.3, -0.25) is 4.79 Å². The molecule has 0 aromatic heterocycles. The quantitative estimate of drug-likeness (QED) is 0.642. The van der Waals surface area contributed by atoms with Crippen LogP contribution in [0.4, 0.5) is 0 Å². The van der Waals surface area contributed by atoms with Crippen LogP contribution in [0.5, 0.6) is 0 Å². The molecule has 0 amide bonds. The zero-order valence-corrected chi connectivity index (χ0v) is 14.0. The Labute approximate surface area is 141 Å². The number of rotatable bonds is 3. The Balaban J connectivity index is 2.17. The molecule has 0 saturated heterocycles. The van der Waals surface area contributed by atoms with Gasteiger partial charge in [-0.2, -0.15) is 4.74 Å². The van der Waals surface area contributed by atoms with Gasteiger partial charge >= 0.3 is 5.97 Å². The first-order valence-corrected chi connectivity index (χ1v) is 7.85. The van der Waals surface area contributed by atoms with Gasteiger partial charge in [0, 0.05) is 18.1 Å². The van der Waals surface area contributed by atoms with Crippen LogP contribution in [-0.4, -0.2) is 27.0 Å². The second-order valence-electron chi connectivity index (χ2n) is 6.29. The van der Waals surface area contributed by atoms with E-state index in [0.29, 0.717) is 5.71 Å². The molecule has 0 bridgehead atoms. The summed E-state index contributed by atoms with van der Waals surface area (Å²) in [4.78, 5) is 17.1. The van der Waals surface area contributed by atoms with E-state index in [9.17, 15) is 10.0 Å². The van der Waals surface area contributed by atoms with E-state index in [4.69, 9.17) is 4.84 Å². The lowest BCUT2D eigenvalue weighted by Gasteiger charge is -2.29. The van der Waals surface area contributed by atoms with Crippen molar-refractivity contribution in [3.8, 4) is 0 Å².